The normalized spacial score (nSPS) is 10.8. The van der Waals surface area contributed by atoms with Crippen LogP contribution < -0.4 is 11.3 Å². The van der Waals surface area contributed by atoms with Crippen molar-refractivity contribution in [1.82, 2.24) is 10.3 Å². The Balaban J connectivity index is 2.01. The summed E-state index contributed by atoms with van der Waals surface area (Å²) in [7, 11) is 1.93. The third-order valence-electron chi connectivity index (χ3n) is 2.53. The highest BCUT2D eigenvalue weighted by Crippen LogP contribution is 2.14. The van der Waals surface area contributed by atoms with Gasteiger partial charge in [0.05, 0.1) is 19.1 Å². The van der Waals surface area contributed by atoms with Crippen LogP contribution in [0.3, 0.4) is 0 Å². The third-order valence-corrected chi connectivity index (χ3v) is 2.53. The molecule has 96 valence electrons. The number of hydrogen-bond donors (Lipinski definition) is 2. The van der Waals surface area contributed by atoms with Crippen LogP contribution in [0.15, 0.2) is 39.6 Å². The van der Waals surface area contributed by atoms with Crippen LogP contribution >= 0.6 is 0 Å². The van der Waals surface area contributed by atoms with Gasteiger partial charge in [0.25, 0.3) is 0 Å². The fourth-order valence-corrected chi connectivity index (χ4v) is 1.74. The SMILES string of the molecule is CN(Cc1ccco1)Cc1ccoc1C(=O)NN. The van der Waals surface area contributed by atoms with E-state index in [4.69, 9.17) is 14.7 Å². The summed E-state index contributed by atoms with van der Waals surface area (Å²) in [6.45, 7) is 1.22. The Hall–Kier alpha value is -2.05. The molecule has 2 aromatic heterocycles. The Bertz CT molecular complexity index is 504. The van der Waals surface area contributed by atoms with Crippen LogP contribution in [0.1, 0.15) is 21.9 Å². The van der Waals surface area contributed by atoms with Crippen LogP contribution in [0.4, 0.5) is 0 Å². The maximum atomic E-state index is 11.4. The van der Waals surface area contributed by atoms with Gasteiger partial charge in [-0.25, -0.2) is 5.84 Å². The van der Waals surface area contributed by atoms with Gasteiger partial charge in [0.1, 0.15) is 5.76 Å². The van der Waals surface area contributed by atoms with Crippen molar-refractivity contribution < 1.29 is 13.6 Å². The fraction of sp³-hybridized carbons (Fsp3) is 0.250. The summed E-state index contributed by atoms with van der Waals surface area (Å²) in [6, 6.07) is 5.50. The van der Waals surface area contributed by atoms with Crippen LogP contribution in [0.25, 0.3) is 0 Å². The molecule has 3 N–H and O–H groups in total. The number of carbonyl (C=O) groups excluding carboxylic acids is 1. The van der Waals surface area contributed by atoms with E-state index in [1.165, 1.54) is 6.26 Å². The molecule has 6 heteroatoms. The standard InChI is InChI=1S/C12H15N3O3/c1-15(8-10-3-2-5-17-10)7-9-4-6-18-11(9)12(16)14-13/h2-6H,7-8,13H2,1H3,(H,14,16). The van der Waals surface area contributed by atoms with Gasteiger partial charge in [-0.15, -0.1) is 0 Å². The minimum Gasteiger partial charge on any atom is -0.468 e. The summed E-state index contributed by atoms with van der Waals surface area (Å²) in [4.78, 5) is 13.4. The summed E-state index contributed by atoms with van der Waals surface area (Å²) in [5.74, 6) is 5.76. The highest BCUT2D eigenvalue weighted by molar-refractivity contribution is 5.92. The zero-order valence-electron chi connectivity index (χ0n) is 10.1. The predicted octanol–water partition coefficient (Wildman–Crippen LogP) is 1.11. The summed E-state index contributed by atoms with van der Waals surface area (Å²) < 4.78 is 10.4. The number of carbonyl (C=O) groups is 1. The number of amides is 1. The minimum atomic E-state index is -0.429. The summed E-state index contributed by atoms with van der Waals surface area (Å²) in [5.41, 5.74) is 2.84. The zero-order chi connectivity index (χ0) is 13.0. The van der Waals surface area contributed by atoms with E-state index in [0.717, 1.165) is 11.3 Å². The lowest BCUT2D eigenvalue weighted by molar-refractivity contribution is 0.0923. The number of nitrogens with one attached hydrogen (secondary N) is 1. The first kappa shape index (κ1) is 12.4. The molecule has 0 aliphatic heterocycles. The largest absolute Gasteiger partial charge is 0.468 e. The van der Waals surface area contributed by atoms with Crippen LogP contribution in [-0.4, -0.2) is 17.9 Å². The molecule has 0 radical (unpaired) electrons. The lowest BCUT2D eigenvalue weighted by Gasteiger charge is -2.14. The van der Waals surface area contributed by atoms with Crippen molar-refractivity contribution in [3.63, 3.8) is 0 Å². The van der Waals surface area contributed by atoms with E-state index >= 15 is 0 Å². The summed E-state index contributed by atoms with van der Waals surface area (Å²) in [5, 5.41) is 0. The number of hydrazine groups is 1. The van der Waals surface area contributed by atoms with Gasteiger partial charge in [0, 0.05) is 12.1 Å². The molecule has 2 rings (SSSR count). The lowest BCUT2D eigenvalue weighted by Crippen LogP contribution is -2.31. The van der Waals surface area contributed by atoms with E-state index in [0.29, 0.717) is 13.1 Å². The van der Waals surface area contributed by atoms with E-state index < -0.39 is 5.91 Å². The number of nitrogens with zero attached hydrogens (tertiary/aromatic N) is 1. The quantitative estimate of drug-likeness (QED) is 0.471. The first-order valence-electron chi connectivity index (χ1n) is 5.49. The molecule has 0 unspecified atom stereocenters. The van der Waals surface area contributed by atoms with E-state index in [9.17, 15) is 4.79 Å². The lowest BCUT2D eigenvalue weighted by atomic mass is 10.2. The highest BCUT2D eigenvalue weighted by Gasteiger charge is 2.15. The molecule has 0 saturated carbocycles. The molecule has 6 nitrogen and oxygen atoms in total. The first-order valence-corrected chi connectivity index (χ1v) is 5.49. The van der Waals surface area contributed by atoms with Crippen molar-refractivity contribution in [2.75, 3.05) is 7.05 Å². The topological polar surface area (TPSA) is 84.6 Å². The van der Waals surface area contributed by atoms with Gasteiger partial charge in [-0.2, -0.15) is 0 Å². The number of hydrogen-bond acceptors (Lipinski definition) is 5. The third kappa shape index (κ3) is 2.79. The predicted molar refractivity (Wildman–Crippen MR) is 64.2 cm³/mol. The average molecular weight is 249 g/mol. The van der Waals surface area contributed by atoms with Gasteiger partial charge in [-0.3, -0.25) is 15.1 Å². The molecule has 0 aliphatic rings. The second-order valence-electron chi connectivity index (χ2n) is 4.00. The maximum Gasteiger partial charge on any atom is 0.301 e. The van der Waals surface area contributed by atoms with Gasteiger partial charge < -0.3 is 8.83 Å². The van der Waals surface area contributed by atoms with E-state index in [-0.39, 0.29) is 5.76 Å². The smallest absolute Gasteiger partial charge is 0.301 e. The van der Waals surface area contributed by atoms with Crippen LogP contribution in [-0.2, 0) is 13.1 Å². The molecular weight excluding hydrogens is 234 g/mol. The molecule has 0 aromatic carbocycles. The molecule has 2 aromatic rings. The number of nitrogens with two attached hydrogens (primary N) is 1. The summed E-state index contributed by atoms with van der Waals surface area (Å²) >= 11 is 0. The molecule has 0 spiro atoms. The van der Waals surface area contributed by atoms with Gasteiger partial charge >= 0.3 is 5.91 Å². The number of nitrogen functional groups attached to an aromatic ring is 1. The Morgan fingerprint density at radius 2 is 2.17 bits per heavy atom. The van der Waals surface area contributed by atoms with Gasteiger partial charge in [0.15, 0.2) is 5.76 Å². The maximum absolute atomic E-state index is 11.4. The molecule has 0 atom stereocenters. The van der Waals surface area contributed by atoms with Crippen LogP contribution in [0.5, 0.6) is 0 Å². The zero-order valence-corrected chi connectivity index (χ0v) is 10.1. The Morgan fingerprint density at radius 3 is 2.83 bits per heavy atom. The highest BCUT2D eigenvalue weighted by atomic mass is 16.3. The van der Waals surface area contributed by atoms with E-state index in [1.54, 1.807) is 12.3 Å². The van der Waals surface area contributed by atoms with Crippen molar-refractivity contribution in [3.8, 4) is 0 Å². The second kappa shape index (κ2) is 5.52. The van der Waals surface area contributed by atoms with E-state index in [2.05, 4.69) is 5.43 Å². The molecule has 0 fully saturated rings. The molecule has 0 aliphatic carbocycles. The first-order chi connectivity index (χ1) is 8.70. The van der Waals surface area contributed by atoms with Crippen LogP contribution in [0, 0.1) is 0 Å². The monoisotopic (exact) mass is 249 g/mol. The van der Waals surface area contributed by atoms with Crippen LogP contribution in [0.2, 0.25) is 0 Å². The molecule has 18 heavy (non-hydrogen) atoms. The van der Waals surface area contributed by atoms with Crippen molar-refractivity contribution in [2.24, 2.45) is 5.84 Å². The average Bonchev–Trinajstić information content (AvgIpc) is 2.99. The second-order valence-corrected chi connectivity index (χ2v) is 4.00. The molecule has 0 saturated heterocycles. The molecule has 1 amide bonds. The Labute approximate surface area is 104 Å². The fourth-order valence-electron chi connectivity index (χ4n) is 1.74. The Morgan fingerprint density at radius 1 is 1.33 bits per heavy atom. The minimum absolute atomic E-state index is 0.240. The molecule has 0 bridgehead atoms. The van der Waals surface area contributed by atoms with Gasteiger partial charge in [-0.05, 0) is 25.2 Å². The summed E-state index contributed by atoms with van der Waals surface area (Å²) in [6.07, 6.45) is 3.11. The van der Waals surface area contributed by atoms with Gasteiger partial charge in [0.2, 0.25) is 0 Å². The van der Waals surface area contributed by atoms with Crippen molar-refractivity contribution in [2.45, 2.75) is 13.1 Å². The molecule has 2 heterocycles. The van der Waals surface area contributed by atoms with Gasteiger partial charge in [-0.1, -0.05) is 0 Å². The molecular formula is C12H15N3O3. The van der Waals surface area contributed by atoms with Crippen molar-refractivity contribution in [3.05, 3.63) is 47.8 Å². The van der Waals surface area contributed by atoms with E-state index in [1.807, 2.05) is 24.1 Å². The Kier molecular flexibility index (Phi) is 3.81. The number of rotatable bonds is 5. The number of furan rings is 2. The van der Waals surface area contributed by atoms with Crippen molar-refractivity contribution >= 4 is 5.91 Å². The van der Waals surface area contributed by atoms with Crippen molar-refractivity contribution in [1.29, 1.82) is 0 Å².